The molecule has 0 bridgehead atoms. The van der Waals surface area contributed by atoms with Crippen molar-refractivity contribution in [2.24, 2.45) is 5.84 Å². The van der Waals surface area contributed by atoms with E-state index < -0.39 is 0 Å². The average Bonchev–Trinajstić information content (AvgIpc) is 2.80. The van der Waals surface area contributed by atoms with Crippen molar-refractivity contribution in [1.29, 1.82) is 0 Å². The molecule has 0 aliphatic heterocycles. The van der Waals surface area contributed by atoms with E-state index in [-0.39, 0.29) is 0 Å². The van der Waals surface area contributed by atoms with Crippen molar-refractivity contribution in [3.05, 3.63) is 11.8 Å². The fourth-order valence-corrected chi connectivity index (χ4v) is 2.93. The topological polar surface area (TPSA) is 75.9 Å². The predicted molar refractivity (Wildman–Crippen MR) is 73.1 cm³/mol. The minimum absolute atomic E-state index is 0.456. The van der Waals surface area contributed by atoms with Crippen LogP contribution in [0.4, 0.5) is 11.8 Å². The third-order valence-corrected chi connectivity index (χ3v) is 4.25. The molecule has 1 aromatic rings. The summed E-state index contributed by atoms with van der Waals surface area (Å²) in [5.41, 5.74) is 3.53. The molecule has 1 aliphatic carbocycles. The first kappa shape index (κ1) is 12.4. The number of nitrogens with one attached hydrogen (secondary N) is 2. The Morgan fingerprint density at radius 2 is 2.29 bits per heavy atom. The molecule has 94 valence electrons. The molecule has 0 radical (unpaired) electrons. The van der Waals surface area contributed by atoms with Crippen LogP contribution in [-0.2, 0) is 0 Å². The Balaban J connectivity index is 2.03. The molecule has 0 amide bonds. The predicted octanol–water partition coefficient (Wildman–Crippen LogP) is 1.77. The monoisotopic (exact) mass is 253 g/mol. The first-order chi connectivity index (χ1) is 8.22. The van der Waals surface area contributed by atoms with Gasteiger partial charge in [-0.15, -0.1) is 0 Å². The summed E-state index contributed by atoms with van der Waals surface area (Å²) in [6.45, 7) is 2.00. The maximum atomic E-state index is 5.31. The number of hydrogen-bond acceptors (Lipinski definition) is 6. The number of hydrazine groups is 1. The van der Waals surface area contributed by atoms with Gasteiger partial charge in [-0.3, -0.25) is 5.43 Å². The van der Waals surface area contributed by atoms with Gasteiger partial charge >= 0.3 is 0 Å². The molecule has 17 heavy (non-hydrogen) atoms. The van der Waals surface area contributed by atoms with E-state index >= 15 is 0 Å². The Morgan fingerprint density at radius 3 is 2.94 bits per heavy atom. The van der Waals surface area contributed by atoms with E-state index in [0.717, 1.165) is 16.6 Å². The molecule has 0 aromatic carbocycles. The van der Waals surface area contributed by atoms with E-state index in [2.05, 4.69) is 27.0 Å². The lowest BCUT2D eigenvalue weighted by Crippen LogP contribution is -2.19. The van der Waals surface area contributed by atoms with Crippen molar-refractivity contribution in [3.8, 4) is 0 Å². The van der Waals surface area contributed by atoms with Gasteiger partial charge in [0.25, 0.3) is 0 Å². The Kier molecular flexibility index (Phi) is 4.06. The van der Waals surface area contributed by atoms with Gasteiger partial charge in [0.2, 0.25) is 5.95 Å². The van der Waals surface area contributed by atoms with Crippen LogP contribution in [0.25, 0.3) is 0 Å². The maximum Gasteiger partial charge on any atom is 0.239 e. The van der Waals surface area contributed by atoms with Gasteiger partial charge in [0.05, 0.1) is 0 Å². The van der Waals surface area contributed by atoms with Gasteiger partial charge in [-0.1, -0.05) is 0 Å². The summed E-state index contributed by atoms with van der Waals surface area (Å²) >= 11 is 1.95. The third kappa shape index (κ3) is 3.01. The van der Waals surface area contributed by atoms with E-state index in [1.807, 2.05) is 18.7 Å². The summed E-state index contributed by atoms with van der Waals surface area (Å²) in [6.07, 6.45) is 7.66. The number of hydrogen-bond donors (Lipinski definition) is 3. The molecule has 4 N–H and O–H groups in total. The summed E-state index contributed by atoms with van der Waals surface area (Å²) in [5.74, 6) is 6.66. The van der Waals surface area contributed by atoms with Gasteiger partial charge < -0.3 is 5.32 Å². The third-order valence-electron chi connectivity index (χ3n) is 3.16. The smallest absolute Gasteiger partial charge is 0.239 e. The molecule has 2 atom stereocenters. The van der Waals surface area contributed by atoms with E-state index in [0.29, 0.717) is 12.0 Å². The zero-order chi connectivity index (χ0) is 12.3. The number of nitrogens with two attached hydrogens (primary N) is 1. The van der Waals surface area contributed by atoms with E-state index in [9.17, 15) is 0 Å². The Bertz CT molecular complexity index is 384. The highest BCUT2D eigenvalue weighted by Crippen LogP contribution is 2.30. The molecule has 1 fully saturated rings. The summed E-state index contributed by atoms with van der Waals surface area (Å²) in [5, 5.41) is 4.27. The summed E-state index contributed by atoms with van der Waals surface area (Å²) in [4.78, 5) is 8.41. The van der Waals surface area contributed by atoms with Crippen molar-refractivity contribution in [2.45, 2.75) is 37.5 Å². The number of aryl methyl sites for hydroxylation is 1. The molecule has 5 nitrogen and oxygen atoms in total. The van der Waals surface area contributed by atoms with Gasteiger partial charge in [-0.2, -0.15) is 16.7 Å². The van der Waals surface area contributed by atoms with Crippen LogP contribution in [0.2, 0.25) is 0 Å². The highest BCUT2D eigenvalue weighted by Gasteiger charge is 2.24. The van der Waals surface area contributed by atoms with E-state index in [1.165, 1.54) is 19.3 Å². The van der Waals surface area contributed by atoms with Crippen molar-refractivity contribution >= 4 is 23.5 Å². The number of nitrogen functional groups attached to an aromatic ring is 1. The molecule has 1 heterocycles. The summed E-state index contributed by atoms with van der Waals surface area (Å²) in [6, 6.07) is 0.520. The van der Waals surface area contributed by atoms with Crippen LogP contribution in [0.15, 0.2) is 6.20 Å². The maximum absolute atomic E-state index is 5.31. The second-order valence-corrected chi connectivity index (χ2v) is 5.52. The van der Waals surface area contributed by atoms with Gasteiger partial charge in [-0.05, 0) is 32.4 Å². The van der Waals surface area contributed by atoms with Crippen LogP contribution in [0.3, 0.4) is 0 Å². The first-order valence-electron chi connectivity index (χ1n) is 5.82. The van der Waals surface area contributed by atoms with Gasteiger partial charge in [0.15, 0.2) is 0 Å². The fraction of sp³-hybridized carbons (Fsp3) is 0.636. The standard InChI is InChI=1S/C11H19N5S/c1-7-6-13-11(16-12)15-10(7)14-8-3-4-9(5-8)17-2/h6,8-9H,3-5,12H2,1-2H3,(H2,13,14,15,16). The zero-order valence-electron chi connectivity index (χ0n) is 10.2. The van der Waals surface area contributed by atoms with Gasteiger partial charge in [0.1, 0.15) is 5.82 Å². The quantitative estimate of drug-likeness (QED) is 0.561. The average molecular weight is 253 g/mol. The van der Waals surface area contributed by atoms with Crippen molar-refractivity contribution < 1.29 is 0 Å². The number of thioether (sulfide) groups is 1. The van der Waals surface area contributed by atoms with Crippen LogP contribution in [0.1, 0.15) is 24.8 Å². The first-order valence-corrected chi connectivity index (χ1v) is 7.11. The molecule has 1 aromatic heterocycles. The molecule has 6 heteroatoms. The van der Waals surface area contributed by atoms with E-state index in [1.54, 1.807) is 6.20 Å². The lowest BCUT2D eigenvalue weighted by Gasteiger charge is -2.15. The normalized spacial score (nSPS) is 23.7. The number of anilines is 2. The molecule has 0 spiro atoms. The zero-order valence-corrected chi connectivity index (χ0v) is 11.0. The van der Waals surface area contributed by atoms with Crippen LogP contribution in [0.5, 0.6) is 0 Å². The highest BCUT2D eigenvalue weighted by atomic mass is 32.2. The largest absolute Gasteiger partial charge is 0.367 e. The van der Waals surface area contributed by atoms with Crippen molar-refractivity contribution in [3.63, 3.8) is 0 Å². The lowest BCUT2D eigenvalue weighted by atomic mass is 10.2. The second kappa shape index (κ2) is 5.55. The van der Waals surface area contributed by atoms with Gasteiger partial charge in [-0.25, -0.2) is 10.8 Å². The van der Waals surface area contributed by atoms with E-state index in [4.69, 9.17) is 5.84 Å². The molecule has 1 saturated carbocycles. The lowest BCUT2D eigenvalue weighted by molar-refractivity contribution is 0.750. The SMILES string of the molecule is CSC1CCC(Nc2nc(NN)ncc2C)C1. The fourth-order valence-electron chi connectivity index (χ4n) is 2.14. The molecule has 2 rings (SSSR count). The minimum Gasteiger partial charge on any atom is -0.367 e. The van der Waals surface area contributed by atoms with Crippen LogP contribution in [-0.4, -0.2) is 27.5 Å². The second-order valence-electron chi connectivity index (χ2n) is 4.38. The number of aromatic nitrogens is 2. The van der Waals surface area contributed by atoms with Crippen LogP contribution in [0, 0.1) is 6.92 Å². The summed E-state index contributed by atoms with van der Waals surface area (Å²) in [7, 11) is 0. The van der Waals surface area contributed by atoms with Gasteiger partial charge in [0, 0.05) is 23.1 Å². The van der Waals surface area contributed by atoms with Crippen LogP contribution >= 0.6 is 11.8 Å². The number of rotatable bonds is 4. The van der Waals surface area contributed by atoms with Crippen molar-refractivity contribution in [1.82, 2.24) is 9.97 Å². The van der Waals surface area contributed by atoms with Crippen molar-refractivity contribution in [2.75, 3.05) is 17.0 Å². The Labute approximate surface area is 106 Å². The Hall–Kier alpha value is -1.01. The minimum atomic E-state index is 0.456. The molecular weight excluding hydrogens is 234 g/mol. The highest BCUT2D eigenvalue weighted by molar-refractivity contribution is 7.99. The molecule has 1 aliphatic rings. The molecule has 2 unspecified atom stereocenters. The van der Waals surface area contributed by atoms with Crippen LogP contribution < -0.4 is 16.6 Å². The summed E-state index contributed by atoms with van der Waals surface area (Å²) < 4.78 is 0. The molecule has 0 saturated heterocycles. The molecular formula is C11H19N5S. The Morgan fingerprint density at radius 1 is 1.47 bits per heavy atom. The number of nitrogens with zero attached hydrogens (tertiary/aromatic N) is 2.